The van der Waals surface area contributed by atoms with Gasteiger partial charge in [-0.2, -0.15) is 0 Å². The Morgan fingerprint density at radius 3 is 2.04 bits per heavy atom. The minimum absolute atomic E-state index is 0.0330. The molecule has 0 radical (unpaired) electrons. The van der Waals surface area contributed by atoms with Crippen molar-refractivity contribution in [2.45, 2.75) is 30.7 Å². The molecule has 1 aliphatic heterocycles. The summed E-state index contributed by atoms with van der Waals surface area (Å²) in [6.07, 6.45) is -3.87. The lowest BCUT2D eigenvalue weighted by molar-refractivity contribution is -0.281. The molecule has 0 aliphatic carbocycles. The van der Waals surface area contributed by atoms with E-state index in [4.69, 9.17) is 23.4 Å². The summed E-state index contributed by atoms with van der Waals surface area (Å²) in [4.78, 5) is 39.4. The third kappa shape index (κ3) is 8.48. The van der Waals surface area contributed by atoms with Gasteiger partial charge in [0, 0.05) is 29.8 Å². The lowest BCUT2D eigenvalue weighted by atomic mass is 9.98. The average molecular weight is 725 g/mol. The topological polar surface area (TPSA) is 223 Å². The second-order valence-electron chi connectivity index (χ2n) is 11.8. The molecule has 0 bridgehead atoms. The second-order valence-corrected chi connectivity index (χ2v) is 11.8. The zero-order valence-corrected chi connectivity index (χ0v) is 27.5. The third-order valence-corrected chi connectivity index (χ3v) is 8.08. The highest BCUT2D eigenvalue weighted by Gasteiger charge is 2.49. The van der Waals surface area contributed by atoms with E-state index >= 15 is 0 Å². The van der Waals surface area contributed by atoms with Crippen molar-refractivity contribution in [3.05, 3.63) is 124 Å². The number of aromatic hydroxyl groups is 4. The van der Waals surface area contributed by atoms with Crippen molar-refractivity contribution < 1.29 is 63.6 Å². The SMILES string of the molecule is O=C(/C=C/c1ccc(O)cc1)OCC1O[C@@H](Oc2c(-c3ccc(O)cc3)oc3cc(O)cc(O)c3c2=O)C(O)C(OC(=O)/C=C/c2ccccc2)[C@H]1O. The molecule has 1 fully saturated rings. The van der Waals surface area contributed by atoms with Gasteiger partial charge < -0.3 is 54.0 Å². The van der Waals surface area contributed by atoms with E-state index in [9.17, 15) is 45.0 Å². The number of aliphatic hydroxyl groups is 2. The van der Waals surface area contributed by atoms with Crippen molar-refractivity contribution >= 4 is 35.1 Å². The van der Waals surface area contributed by atoms with Crippen LogP contribution in [0, 0.1) is 0 Å². The minimum Gasteiger partial charge on any atom is -0.508 e. The van der Waals surface area contributed by atoms with Crippen molar-refractivity contribution in [2.75, 3.05) is 6.61 Å². The van der Waals surface area contributed by atoms with E-state index in [0.717, 1.165) is 24.3 Å². The monoisotopic (exact) mass is 724 g/mol. The Balaban J connectivity index is 1.32. The highest BCUT2D eigenvalue weighted by molar-refractivity contribution is 5.89. The zero-order chi connectivity index (χ0) is 37.6. The number of aliphatic hydroxyl groups excluding tert-OH is 2. The molecular weight excluding hydrogens is 692 g/mol. The van der Waals surface area contributed by atoms with Crippen molar-refractivity contribution in [1.82, 2.24) is 0 Å². The van der Waals surface area contributed by atoms with E-state index in [1.54, 1.807) is 42.5 Å². The molecule has 4 aromatic carbocycles. The van der Waals surface area contributed by atoms with Gasteiger partial charge in [0.1, 0.15) is 52.8 Å². The van der Waals surface area contributed by atoms with Gasteiger partial charge in [0.15, 0.2) is 18.0 Å². The Morgan fingerprint density at radius 2 is 1.36 bits per heavy atom. The Labute approximate surface area is 300 Å². The van der Waals surface area contributed by atoms with E-state index in [-0.39, 0.29) is 28.4 Å². The summed E-state index contributed by atoms with van der Waals surface area (Å²) in [5.74, 6) is -3.85. The van der Waals surface area contributed by atoms with Crippen molar-refractivity contribution in [3.8, 4) is 40.1 Å². The van der Waals surface area contributed by atoms with E-state index in [1.807, 2.05) is 0 Å². The summed E-state index contributed by atoms with van der Waals surface area (Å²) >= 11 is 0. The highest BCUT2D eigenvalue weighted by Crippen LogP contribution is 2.37. The number of carbonyl (C=O) groups is 2. The van der Waals surface area contributed by atoms with Gasteiger partial charge in [-0.15, -0.1) is 0 Å². The maximum atomic E-state index is 13.9. The summed E-state index contributed by atoms with van der Waals surface area (Å²) < 4.78 is 28.4. The maximum absolute atomic E-state index is 13.9. The van der Waals surface area contributed by atoms with Gasteiger partial charge in [0.25, 0.3) is 0 Å². The molecule has 5 aromatic rings. The van der Waals surface area contributed by atoms with Gasteiger partial charge >= 0.3 is 11.9 Å². The van der Waals surface area contributed by atoms with Crippen LogP contribution in [-0.2, 0) is 23.8 Å². The van der Waals surface area contributed by atoms with E-state index in [1.165, 1.54) is 48.6 Å². The molecule has 53 heavy (non-hydrogen) atoms. The zero-order valence-electron chi connectivity index (χ0n) is 27.5. The van der Waals surface area contributed by atoms with Gasteiger partial charge in [-0.1, -0.05) is 42.5 Å². The molecule has 2 heterocycles. The number of carbonyl (C=O) groups excluding carboxylic acids is 2. The summed E-state index contributed by atoms with van der Waals surface area (Å²) in [5, 5.41) is 62.2. The summed E-state index contributed by atoms with van der Waals surface area (Å²) in [6.45, 7) is -0.641. The predicted octanol–water partition coefficient (Wildman–Crippen LogP) is 3.99. The van der Waals surface area contributed by atoms with Crippen molar-refractivity contribution in [3.63, 3.8) is 0 Å². The fourth-order valence-electron chi connectivity index (χ4n) is 5.43. The van der Waals surface area contributed by atoms with Gasteiger partial charge in [-0.05, 0) is 59.7 Å². The number of benzene rings is 4. The van der Waals surface area contributed by atoms with Crippen LogP contribution < -0.4 is 10.2 Å². The molecule has 0 amide bonds. The Hall–Kier alpha value is -6.61. The number of fused-ring (bicyclic) bond motifs is 1. The quantitative estimate of drug-likeness (QED) is 0.0886. The molecule has 6 rings (SSSR count). The smallest absolute Gasteiger partial charge is 0.331 e. The maximum Gasteiger partial charge on any atom is 0.331 e. The lowest BCUT2D eigenvalue weighted by Crippen LogP contribution is -2.61. The number of hydrogen-bond donors (Lipinski definition) is 6. The molecule has 1 aromatic heterocycles. The molecule has 5 atom stereocenters. The van der Waals surface area contributed by atoms with Gasteiger partial charge in [-0.3, -0.25) is 4.79 Å². The van der Waals surface area contributed by atoms with Crippen LogP contribution in [0.1, 0.15) is 11.1 Å². The molecule has 272 valence electrons. The molecule has 14 heteroatoms. The molecule has 14 nitrogen and oxygen atoms in total. The molecule has 0 saturated carbocycles. The number of rotatable bonds is 10. The minimum atomic E-state index is -1.96. The molecule has 1 saturated heterocycles. The van der Waals surface area contributed by atoms with Crippen LogP contribution in [0.15, 0.2) is 112 Å². The van der Waals surface area contributed by atoms with Crippen LogP contribution in [0.5, 0.6) is 28.7 Å². The fraction of sp³-hybridized carbons (Fsp3) is 0.154. The average Bonchev–Trinajstić information content (AvgIpc) is 3.14. The van der Waals surface area contributed by atoms with Crippen LogP contribution in [0.3, 0.4) is 0 Å². The normalized spacial score (nSPS) is 20.1. The number of esters is 2. The van der Waals surface area contributed by atoms with Gasteiger partial charge in [0.2, 0.25) is 17.5 Å². The number of phenols is 4. The van der Waals surface area contributed by atoms with Crippen LogP contribution in [-0.4, -0.2) is 79.9 Å². The summed E-state index contributed by atoms with van der Waals surface area (Å²) in [7, 11) is 0. The molecule has 6 N–H and O–H groups in total. The summed E-state index contributed by atoms with van der Waals surface area (Å²) in [5.41, 5.74) is 0.219. The van der Waals surface area contributed by atoms with Crippen LogP contribution in [0.25, 0.3) is 34.4 Å². The Kier molecular flexibility index (Phi) is 10.7. The number of hydrogen-bond acceptors (Lipinski definition) is 14. The Morgan fingerprint density at radius 1 is 0.736 bits per heavy atom. The van der Waals surface area contributed by atoms with Crippen LogP contribution >= 0.6 is 0 Å². The molecule has 3 unspecified atom stereocenters. The number of phenolic OH excluding ortho intramolecular Hbond substituents is 4. The first-order valence-corrected chi connectivity index (χ1v) is 16.0. The van der Waals surface area contributed by atoms with E-state index in [2.05, 4.69) is 0 Å². The largest absolute Gasteiger partial charge is 0.508 e. The fourth-order valence-corrected chi connectivity index (χ4v) is 5.43. The van der Waals surface area contributed by atoms with Gasteiger partial charge in [0.05, 0.1) is 0 Å². The van der Waals surface area contributed by atoms with Crippen LogP contribution in [0.4, 0.5) is 0 Å². The first kappa shape index (κ1) is 36.2. The Bertz CT molecular complexity index is 2210. The predicted molar refractivity (Wildman–Crippen MR) is 188 cm³/mol. The van der Waals surface area contributed by atoms with Crippen LogP contribution in [0.2, 0.25) is 0 Å². The lowest BCUT2D eigenvalue weighted by Gasteiger charge is -2.41. The van der Waals surface area contributed by atoms with Crippen molar-refractivity contribution in [2.24, 2.45) is 0 Å². The molecule has 1 aliphatic rings. The van der Waals surface area contributed by atoms with Crippen molar-refractivity contribution in [1.29, 1.82) is 0 Å². The first-order valence-electron chi connectivity index (χ1n) is 16.0. The highest BCUT2D eigenvalue weighted by atomic mass is 16.7. The second kappa shape index (κ2) is 15.7. The first-order chi connectivity index (χ1) is 25.5. The third-order valence-electron chi connectivity index (χ3n) is 8.08. The molecular formula is C39H32O14. The van der Waals surface area contributed by atoms with E-state index < -0.39 is 77.3 Å². The van der Waals surface area contributed by atoms with Gasteiger partial charge in [-0.25, -0.2) is 9.59 Å². The standard InChI is InChI=1S/C39H32O14/c40-24-12-6-22(7-13-24)8-16-30(44)49-20-29-33(46)37(52-31(45)17-9-21-4-2-1-3-5-21)35(48)39(51-29)53-38-34(47)32-27(43)18-26(42)19-28(32)50-36(38)23-10-14-25(41)15-11-23/h1-19,29,33,35,37,39-43,46,48H,20H2/b16-8+,17-9+/t29?,33-,35?,37?,39-/m0/s1. The van der Waals surface area contributed by atoms with E-state index in [0.29, 0.717) is 11.1 Å². The number of ether oxygens (including phenoxy) is 4. The summed E-state index contributed by atoms with van der Waals surface area (Å²) in [6, 6.07) is 22.1. The molecule has 0 spiro atoms.